The molecule has 1 aliphatic rings. The molecule has 1 N–H and O–H groups in total. The van der Waals surface area contributed by atoms with Crippen LogP contribution in [0, 0.1) is 17.3 Å². The average Bonchev–Trinajstić information content (AvgIpc) is 2.49. The van der Waals surface area contributed by atoms with Crippen molar-refractivity contribution in [3.63, 3.8) is 0 Å². The van der Waals surface area contributed by atoms with Crippen LogP contribution in [0.1, 0.15) is 27.2 Å². The number of allylic oxidation sites excluding steroid dienone is 2. The molecule has 2 atom stereocenters. The molecule has 0 heterocycles. The van der Waals surface area contributed by atoms with Gasteiger partial charge in [-0.3, -0.25) is 4.79 Å². The van der Waals surface area contributed by atoms with Crippen LogP contribution < -0.4 is 0 Å². The first-order valence-corrected chi connectivity index (χ1v) is 4.41. The number of aliphatic carboxylic acids is 1. The lowest BCUT2D eigenvalue weighted by atomic mass is 10.1. The van der Waals surface area contributed by atoms with Crippen LogP contribution in [0.2, 0.25) is 0 Å². The van der Waals surface area contributed by atoms with Crippen molar-refractivity contribution >= 4 is 5.97 Å². The van der Waals surface area contributed by atoms with Gasteiger partial charge in [0.2, 0.25) is 0 Å². The Balaban J connectivity index is 2.60. The van der Waals surface area contributed by atoms with Crippen LogP contribution in [0.15, 0.2) is 12.2 Å². The Bertz CT molecular complexity index is 216. The second-order valence-corrected chi connectivity index (χ2v) is 4.00. The maximum absolute atomic E-state index is 10.7. The third-order valence-corrected chi connectivity index (χ3v) is 2.76. The third kappa shape index (κ3) is 1.38. The van der Waals surface area contributed by atoms with E-state index in [0.29, 0.717) is 0 Å². The summed E-state index contributed by atoms with van der Waals surface area (Å²) in [6, 6.07) is 0. The fourth-order valence-corrected chi connectivity index (χ4v) is 1.79. The van der Waals surface area contributed by atoms with Crippen LogP contribution in [0.5, 0.6) is 0 Å². The SMILES string of the molecule is CC/C=C/C1C(C(=O)O)C1(C)C. The number of rotatable bonds is 3. The Labute approximate surface area is 73.3 Å². The second kappa shape index (κ2) is 2.92. The normalized spacial score (nSPS) is 32.2. The van der Waals surface area contributed by atoms with Gasteiger partial charge in [0.05, 0.1) is 5.92 Å². The summed E-state index contributed by atoms with van der Waals surface area (Å²) in [7, 11) is 0. The zero-order valence-electron chi connectivity index (χ0n) is 7.87. The highest BCUT2D eigenvalue weighted by atomic mass is 16.4. The predicted octanol–water partition coefficient (Wildman–Crippen LogP) is 2.31. The van der Waals surface area contributed by atoms with Crippen molar-refractivity contribution < 1.29 is 9.90 Å². The topological polar surface area (TPSA) is 37.3 Å². The van der Waals surface area contributed by atoms with Crippen LogP contribution in [0.25, 0.3) is 0 Å². The maximum Gasteiger partial charge on any atom is 0.307 e. The largest absolute Gasteiger partial charge is 0.481 e. The zero-order valence-corrected chi connectivity index (χ0v) is 7.87. The first-order chi connectivity index (χ1) is 5.51. The molecule has 2 heteroatoms. The number of hydrogen-bond donors (Lipinski definition) is 1. The molecular formula is C10H16O2. The Morgan fingerprint density at radius 1 is 1.58 bits per heavy atom. The minimum absolute atomic E-state index is 0.0303. The molecule has 1 saturated carbocycles. The summed E-state index contributed by atoms with van der Waals surface area (Å²) in [4.78, 5) is 10.7. The van der Waals surface area contributed by atoms with E-state index in [1.807, 2.05) is 19.9 Å². The van der Waals surface area contributed by atoms with E-state index in [0.717, 1.165) is 6.42 Å². The van der Waals surface area contributed by atoms with Crippen LogP contribution in [0.4, 0.5) is 0 Å². The van der Waals surface area contributed by atoms with Gasteiger partial charge in [-0.1, -0.05) is 32.9 Å². The minimum Gasteiger partial charge on any atom is -0.481 e. The molecule has 1 rings (SSSR count). The van der Waals surface area contributed by atoms with Crippen LogP contribution in [-0.2, 0) is 4.79 Å². The number of carbonyl (C=O) groups is 1. The standard InChI is InChI=1S/C10H16O2/c1-4-5-6-7-8(9(11)12)10(7,2)3/h5-8H,4H2,1-3H3,(H,11,12)/b6-5+. The van der Waals surface area contributed by atoms with Crippen molar-refractivity contribution in [2.45, 2.75) is 27.2 Å². The Kier molecular flexibility index (Phi) is 2.27. The predicted molar refractivity (Wildman–Crippen MR) is 47.8 cm³/mol. The van der Waals surface area contributed by atoms with E-state index < -0.39 is 5.97 Å². The van der Waals surface area contributed by atoms with E-state index >= 15 is 0 Å². The summed E-state index contributed by atoms with van der Waals surface area (Å²) < 4.78 is 0. The van der Waals surface area contributed by atoms with Gasteiger partial charge in [-0.15, -0.1) is 0 Å². The lowest BCUT2D eigenvalue weighted by Gasteiger charge is -1.95. The van der Waals surface area contributed by atoms with Gasteiger partial charge in [-0.25, -0.2) is 0 Å². The molecule has 68 valence electrons. The van der Waals surface area contributed by atoms with Gasteiger partial charge in [0.1, 0.15) is 0 Å². The van der Waals surface area contributed by atoms with Crippen LogP contribution in [0.3, 0.4) is 0 Å². The van der Waals surface area contributed by atoms with E-state index in [2.05, 4.69) is 13.0 Å². The number of carboxylic acids is 1. The smallest absolute Gasteiger partial charge is 0.307 e. The van der Waals surface area contributed by atoms with Crippen molar-refractivity contribution in [3.8, 4) is 0 Å². The molecule has 0 amide bonds. The first kappa shape index (κ1) is 9.30. The molecule has 12 heavy (non-hydrogen) atoms. The molecular weight excluding hydrogens is 152 g/mol. The Hall–Kier alpha value is -0.790. The molecule has 0 saturated heterocycles. The maximum atomic E-state index is 10.7. The first-order valence-electron chi connectivity index (χ1n) is 4.41. The van der Waals surface area contributed by atoms with Crippen LogP contribution in [-0.4, -0.2) is 11.1 Å². The fraction of sp³-hybridized carbons (Fsp3) is 0.700. The fourth-order valence-electron chi connectivity index (χ4n) is 1.79. The molecule has 0 aliphatic heterocycles. The van der Waals surface area contributed by atoms with E-state index in [4.69, 9.17) is 5.11 Å². The zero-order chi connectivity index (χ0) is 9.35. The van der Waals surface area contributed by atoms with Gasteiger partial charge in [0.25, 0.3) is 0 Å². The van der Waals surface area contributed by atoms with Crippen LogP contribution >= 0.6 is 0 Å². The van der Waals surface area contributed by atoms with Gasteiger partial charge < -0.3 is 5.11 Å². The highest BCUT2D eigenvalue weighted by Crippen LogP contribution is 2.59. The summed E-state index contributed by atoms with van der Waals surface area (Å²) in [6.07, 6.45) is 5.08. The van der Waals surface area contributed by atoms with Gasteiger partial charge in [0, 0.05) is 0 Å². The lowest BCUT2D eigenvalue weighted by Crippen LogP contribution is -2.02. The molecule has 1 aliphatic carbocycles. The van der Waals surface area contributed by atoms with Crippen molar-refractivity contribution in [2.75, 3.05) is 0 Å². The van der Waals surface area contributed by atoms with E-state index in [9.17, 15) is 4.79 Å². The quantitative estimate of drug-likeness (QED) is 0.656. The molecule has 1 fully saturated rings. The van der Waals surface area contributed by atoms with Gasteiger partial charge in [-0.05, 0) is 17.8 Å². The summed E-state index contributed by atoms with van der Waals surface area (Å²) in [6.45, 7) is 6.08. The van der Waals surface area contributed by atoms with Gasteiger partial charge in [0.15, 0.2) is 0 Å². The number of carboxylic acid groups (broad SMARTS) is 1. The van der Waals surface area contributed by atoms with E-state index in [1.165, 1.54) is 0 Å². The second-order valence-electron chi connectivity index (χ2n) is 4.00. The molecule has 0 radical (unpaired) electrons. The molecule has 0 bridgehead atoms. The summed E-state index contributed by atoms with van der Waals surface area (Å²) in [5.74, 6) is -0.582. The molecule has 0 spiro atoms. The summed E-state index contributed by atoms with van der Waals surface area (Å²) in [5, 5.41) is 8.82. The van der Waals surface area contributed by atoms with Gasteiger partial charge >= 0.3 is 5.97 Å². The molecule has 0 aromatic heterocycles. The third-order valence-electron chi connectivity index (χ3n) is 2.76. The van der Waals surface area contributed by atoms with Crippen molar-refractivity contribution in [1.82, 2.24) is 0 Å². The molecule has 0 aromatic rings. The molecule has 2 nitrogen and oxygen atoms in total. The molecule has 2 unspecified atom stereocenters. The van der Waals surface area contributed by atoms with Gasteiger partial charge in [-0.2, -0.15) is 0 Å². The van der Waals surface area contributed by atoms with Crippen molar-refractivity contribution in [2.24, 2.45) is 17.3 Å². The lowest BCUT2D eigenvalue weighted by molar-refractivity contribution is -0.139. The Morgan fingerprint density at radius 2 is 2.17 bits per heavy atom. The minimum atomic E-state index is -0.661. The monoisotopic (exact) mass is 168 g/mol. The number of hydrogen-bond acceptors (Lipinski definition) is 1. The summed E-state index contributed by atoms with van der Waals surface area (Å²) in [5.41, 5.74) is -0.0303. The van der Waals surface area contributed by atoms with E-state index in [-0.39, 0.29) is 17.3 Å². The summed E-state index contributed by atoms with van der Waals surface area (Å²) >= 11 is 0. The van der Waals surface area contributed by atoms with Crippen molar-refractivity contribution in [3.05, 3.63) is 12.2 Å². The van der Waals surface area contributed by atoms with E-state index in [1.54, 1.807) is 0 Å². The van der Waals surface area contributed by atoms with Crippen molar-refractivity contribution in [1.29, 1.82) is 0 Å². The Morgan fingerprint density at radius 3 is 2.50 bits per heavy atom. The molecule has 0 aromatic carbocycles. The average molecular weight is 168 g/mol. The highest BCUT2D eigenvalue weighted by molar-refractivity contribution is 5.76. The highest BCUT2D eigenvalue weighted by Gasteiger charge is 2.60.